The van der Waals surface area contributed by atoms with Gasteiger partial charge < -0.3 is 5.11 Å². The van der Waals surface area contributed by atoms with Crippen LogP contribution in [0.15, 0.2) is 6.07 Å². The summed E-state index contributed by atoms with van der Waals surface area (Å²) in [7, 11) is 0. The van der Waals surface area contributed by atoms with Gasteiger partial charge in [-0.25, -0.2) is 18.6 Å². The predicted octanol–water partition coefficient (Wildman–Crippen LogP) is 2.93. The lowest BCUT2D eigenvalue weighted by atomic mass is 10.2. The van der Waals surface area contributed by atoms with Gasteiger partial charge in [0.1, 0.15) is 3.70 Å². The fraction of sp³-hybridized carbons (Fsp3) is 0.143. The number of carbonyl (C=O) groups is 1. The maximum absolute atomic E-state index is 12.3. The summed E-state index contributed by atoms with van der Waals surface area (Å²) in [4.78, 5) is 14.2. The number of hydrogen-bond acceptors (Lipinski definition) is 2. The number of hydrogen-bond donors (Lipinski definition) is 1. The molecule has 0 aliphatic rings. The van der Waals surface area contributed by atoms with Crippen LogP contribution in [0.1, 0.15) is 22.5 Å². The molecule has 0 fully saturated rings. The first-order valence-electron chi connectivity index (χ1n) is 3.31. The van der Waals surface area contributed by atoms with Crippen LogP contribution in [0.2, 0.25) is 0 Å². The van der Waals surface area contributed by atoms with Crippen molar-refractivity contribution in [3.63, 3.8) is 0 Å². The normalized spacial score (nSPS) is 10.6. The second-order valence-electron chi connectivity index (χ2n) is 2.30. The molecule has 76 valence electrons. The topological polar surface area (TPSA) is 50.2 Å². The molecule has 0 atom stereocenters. The Labute approximate surface area is 105 Å². The van der Waals surface area contributed by atoms with Crippen molar-refractivity contribution in [3.05, 3.63) is 24.6 Å². The zero-order valence-electron chi connectivity index (χ0n) is 6.47. The van der Waals surface area contributed by atoms with E-state index in [2.05, 4.69) is 4.98 Å². The molecule has 0 amide bonds. The second-order valence-corrected chi connectivity index (χ2v) is 4.49. The predicted molar refractivity (Wildman–Crippen MR) is 61.6 cm³/mol. The van der Waals surface area contributed by atoms with E-state index in [1.807, 2.05) is 0 Å². The van der Waals surface area contributed by atoms with Crippen molar-refractivity contribution in [2.24, 2.45) is 0 Å². The molecule has 0 saturated heterocycles. The number of aromatic nitrogens is 1. The van der Waals surface area contributed by atoms with Crippen molar-refractivity contribution in [1.29, 1.82) is 0 Å². The summed E-state index contributed by atoms with van der Waals surface area (Å²) in [6.07, 6.45) is -2.63. The minimum Gasteiger partial charge on any atom is -0.476 e. The van der Waals surface area contributed by atoms with Gasteiger partial charge in [-0.15, -0.1) is 0 Å². The van der Waals surface area contributed by atoms with Gasteiger partial charge in [-0.1, -0.05) is 0 Å². The molecule has 1 N–H and O–H groups in total. The van der Waals surface area contributed by atoms with Gasteiger partial charge in [0.2, 0.25) is 0 Å². The third kappa shape index (κ3) is 2.49. The molecule has 14 heavy (non-hydrogen) atoms. The van der Waals surface area contributed by atoms with Crippen LogP contribution in [0.25, 0.3) is 0 Å². The van der Waals surface area contributed by atoms with Crippen LogP contribution in [0.3, 0.4) is 0 Å². The SMILES string of the molecule is O=C(O)c1nc(I)c(C(F)F)cc1I. The standard InChI is InChI=1S/C7H3F2I2NO2/c8-5(9)2-1-3(10)4(7(13)14)12-6(2)11/h1,5H,(H,13,14). The van der Waals surface area contributed by atoms with Crippen LogP contribution in [0.5, 0.6) is 0 Å². The fourth-order valence-corrected chi connectivity index (χ4v) is 2.10. The molecule has 7 heteroatoms. The Balaban J connectivity index is 3.31. The van der Waals surface area contributed by atoms with Crippen LogP contribution < -0.4 is 0 Å². The first-order valence-corrected chi connectivity index (χ1v) is 5.46. The average Bonchev–Trinajstić information content (AvgIpc) is 2.07. The molecular formula is C7H3F2I2NO2. The Morgan fingerprint density at radius 2 is 2.07 bits per heavy atom. The van der Waals surface area contributed by atoms with Gasteiger partial charge >= 0.3 is 5.97 Å². The third-order valence-electron chi connectivity index (χ3n) is 1.39. The Morgan fingerprint density at radius 3 is 2.50 bits per heavy atom. The summed E-state index contributed by atoms with van der Waals surface area (Å²) in [6, 6.07) is 1.14. The summed E-state index contributed by atoms with van der Waals surface area (Å²) in [5.41, 5.74) is -0.431. The van der Waals surface area contributed by atoms with Crippen LogP contribution in [-0.4, -0.2) is 16.1 Å². The summed E-state index contributed by atoms with van der Waals surface area (Å²) in [6.45, 7) is 0. The number of alkyl halides is 2. The monoisotopic (exact) mass is 425 g/mol. The van der Waals surface area contributed by atoms with Crippen molar-refractivity contribution in [2.75, 3.05) is 0 Å². The number of aromatic carboxylic acids is 1. The molecule has 0 aliphatic carbocycles. The van der Waals surface area contributed by atoms with E-state index in [1.165, 1.54) is 0 Å². The van der Waals surface area contributed by atoms with Gasteiger partial charge in [-0.05, 0) is 51.2 Å². The lowest BCUT2D eigenvalue weighted by Crippen LogP contribution is -2.07. The molecule has 0 spiro atoms. The van der Waals surface area contributed by atoms with E-state index in [1.54, 1.807) is 45.2 Å². The largest absolute Gasteiger partial charge is 0.476 e. The van der Waals surface area contributed by atoms with E-state index in [0.29, 0.717) is 0 Å². The molecule has 1 aromatic heterocycles. The number of nitrogens with zero attached hydrogens (tertiary/aromatic N) is 1. The maximum Gasteiger partial charge on any atom is 0.355 e. The van der Waals surface area contributed by atoms with Gasteiger partial charge in [0, 0.05) is 3.57 Å². The zero-order chi connectivity index (χ0) is 10.9. The minimum atomic E-state index is -2.63. The van der Waals surface area contributed by atoms with Gasteiger partial charge in [0.05, 0.1) is 5.56 Å². The quantitative estimate of drug-likeness (QED) is 0.586. The van der Waals surface area contributed by atoms with Gasteiger partial charge in [-0.2, -0.15) is 0 Å². The second kappa shape index (κ2) is 4.64. The van der Waals surface area contributed by atoms with Crippen molar-refractivity contribution in [3.8, 4) is 0 Å². The van der Waals surface area contributed by atoms with E-state index in [-0.39, 0.29) is 18.5 Å². The molecule has 0 aromatic carbocycles. The van der Waals surface area contributed by atoms with E-state index in [4.69, 9.17) is 5.11 Å². The Morgan fingerprint density at radius 1 is 1.50 bits per heavy atom. The molecule has 1 aromatic rings. The van der Waals surface area contributed by atoms with Crippen molar-refractivity contribution in [1.82, 2.24) is 4.98 Å². The van der Waals surface area contributed by atoms with E-state index in [0.717, 1.165) is 6.07 Å². The highest BCUT2D eigenvalue weighted by atomic mass is 127. The molecule has 0 aliphatic heterocycles. The lowest BCUT2D eigenvalue weighted by molar-refractivity contribution is 0.0688. The molecule has 1 heterocycles. The first kappa shape index (κ1) is 12.0. The van der Waals surface area contributed by atoms with Gasteiger partial charge in [0.15, 0.2) is 5.69 Å². The highest BCUT2D eigenvalue weighted by molar-refractivity contribution is 14.1. The van der Waals surface area contributed by atoms with Crippen LogP contribution in [0.4, 0.5) is 8.78 Å². The van der Waals surface area contributed by atoms with Gasteiger partial charge in [-0.3, -0.25) is 0 Å². The molecule has 3 nitrogen and oxygen atoms in total. The number of rotatable bonds is 2. The van der Waals surface area contributed by atoms with Crippen molar-refractivity contribution < 1.29 is 18.7 Å². The third-order valence-corrected chi connectivity index (χ3v) is 3.08. The Bertz CT molecular complexity index is 384. The first-order chi connectivity index (χ1) is 6.43. The summed E-state index contributed by atoms with van der Waals surface area (Å²) < 4.78 is 24.9. The molecular weight excluding hydrogens is 422 g/mol. The van der Waals surface area contributed by atoms with Crippen LogP contribution in [0, 0.1) is 7.27 Å². The van der Waals surface area contributed by atoms with E-state index < -0.39 is 12.4 Å². The number of halogens is 4. The smallest absolute Gasteiger partial charge is 0.355 e. The number of carboxylic acid groups (broad SMARTS) is 1. The van der Waals surface area contributed by atoms with E-state index in [9.17, 15) is 13.6 Å². The molecule has 0 unspecified atom stereocenters. The molecule has 0 saturated carbocycles. The summed E-state index contributed by atoms with van der Waals surface area (Å²) >= 11 is 3.26. The fourth-order valence-electron chi connectivity index (χ4n) is 0.784. The summed E-state index contributed by atoms with van der Waals surface area (Å²) in [5, 5.41) is 8.66. The van der Waals surface area contributed by atoms with Crippen molar-refractivity contribution in [2.45, 2.75) is 6.43 Å². The molecule has 1 rings (SSSR count). The lowest BCUT2D eigenvalue weighted by Gasteiger charge is -2.05. The van der Waals surface area contributed by atoms with Gasteiger partial charge in [0.25, 0.3) is 6.43 Å². The van der Waals surface area contributed by atoms with Crippen molar-refractivity contribution >= 4 is 51.2 Å². The Kier molecular flexibility index (Phi) is 3.98. The zero-order valence-corrected chi connectivity index (χ0v) is 10.8. The Hall–Kier alpha value is -0.0600. The number of carboxylic acids is 1. The highest BCUT2D eigenvalue weighted by Gasteiger charge is 2.18. The number of pyridine rings is 1. The van der Waals surface area contributed by atoms with Crippen LogP contribution in [-0.2, 0) is 0 Å². The minimum absolute atomic E-state index is 0.0235. The summed E-state index contributed by atoms with van der Waals surface area (Å²) in [5.74, 6) is -1.21. The van der Waals surface area contributed by atoms with E-state index >= 15 is 0 Å². The molecule has 0 radical (unpaired) electrons. The average molecular weight is 425 g/mol. The maximum atomic E-state index is 12.3. The molecule has 0 bridgehead atoms. The highest BCUT2D eigenvalue weighted by Crippen LogP contribution is 2.26. The van der Waals surface area contributed by atoms with Crippen LogP contribution >= 0.6 is 45.2 Å².